The van der Waals surface area contributed by atoms with Crippen LogP contribution in [-0.4, -0.2) is 8.80 Å². The summed E-state index contributed by atoms with van der Waals surface area (Å²) < 4.78 is 0. The molecule has 1 heteroatoms. The maximum Gasteiger partial charge on any atom is 0.0730 e. The molecule has 1 aromatic carbocycles. The van der Waals surface area contributed by atoms with Crippen molar-refractivity contribution in [3.63, 3.8) is 0 Å². The van der Waals surface area contributed by atoms with E-state index in [0.717, 1.165) is 0 Å². The summed E-state index contributed by atoms with van der Waals surface area (Å²) in [5.41, 5.74) is 0. The van der Waals surface area contributed by atoms with Crippen LogP contribution in [0.2, 0.25) is 11.6 Å². The topological polar surface area (TPSA) is 0 Å². The lowest BCUT2D eigenvalue weighted by Crippen LogP contribution is -2.35. The normalized spacial score (nSPS) is 14.3. The highest BCUT2D eigenvalue weighted by Crippen LogP contribution is 2.26. The van der Waals surface area contributed by atoms with Crippen LogP contribution in [0, 0.1) is 0 Å². The van der Waals surface area contributed by atoms with Gasteiger partial charge >= 0.3 is 0 Å². The molecule has 0 bridgehead atoms. The average Bonchev–Trinajstić information content (AvgIpc) is 2.03. The summed E-state index contributed by atoms with van der Waals surface area (Å²) in [4.78, 5) is 0. The summed E-state index contributed by atoms with van der Waals surface area (Å²) in [5.74, 6) is 0. The third-order valence-electron chi connectivity index (χ3n) is 2.60. The van der Waals surface area contributed by atoms with E-state index in [-0.39, 0.29) is 0 Å². The van der Waals surface area contributed by atoms with Gasteiger partial charge in [0.05, 0.1) is 8.80 Å². The zero-order chi connectivity index (χ0) is 9.19. The van der Waals surface area contributed by atoms with Crippen molar-refractivity contribution in [3.8, 4) is 0 Å². The minimum Gasteiger partial charge on any atom is -0.0676 e. The molecule has 0 fully saturated rings. The molecular formula is C11H18Si. The monoisotopic (exact) mass is 178 g/mol. The van der Waals surface area contributed by atoms with E-state index in [1.54, 1.807) is 5.19 Å². The lowest BCUT2D eigenvalue weighted by atomic mass is 10.2. The summed E-state index contributed by atoms with van der Waals surface area (Å²) in [6, 6.07) is 10.9. The summed E-state index contributed by atoms with van der Waals surface area (Å²) in [6.07, 6.45) is 0. The second kappa shape index (κ2) is 3.44. The minimum absolute atomic E-state index is 0.501. The van der Waals surface area contributed by atoms with Crippen molar-refractivity contribution in [1.29, 1.82) is 0 Å². The van der Waals surface area contributed by atoms with Crippen LogP contribution in [0.4, 0.5) is 0 Å². The molecule has 0 nitrogen and oxygen atoms in total. The molecule has 1 unspecified atom stereocenters. The van der Waals surface area contributed by atoms with E-state index in [9.17, 15) is 0 Å². The van der Waals surface area contributed by atoms with E-state index in [1.165, 1.54) is 0 Å². The highest BCUT2D eigenvalue weighted by atomic mass is 28.3. The molecule has 0 aliphatic rings. The second-order valence-corrected chi connectivity index (χ2v) is 8.34. The van der Waals surface area contributed by atoms with Gasteiger partial charge in [0.25, 0.3) is 0 Å². The fourth-order valence-electron chi connectivity index (χ4n) is 1.24. The van der Waals surface area contributed by atoms with Crippen LogP contribution in [0.1, 0.15) is 20.8 Å². The first-order valence-electron chi connectivity index (χ1n) is 4.57. The Labute approximate surface area is 77.2 Å². The Kier molecular flexibility index (Phi) is 2.73. The van der Waals surface area contributed by atoms with Gasteiger partial charge in [-0.3, -0.25) is 0 Å². The van der Waals surface area contributed by atoms with Gasteiger partial charge in [0.1, 0.15) is 0 Å². The van der Waals surface area contributed by atoms with Gasteiger partial charge < -0.3 is 0 Å². The fraction of sp³-hybridized carbons (Fsp3) is 0.455. The van der Waals surface area contributed by atoms with Gasteiger partial charge in [0.15, 0.2) is 0 Å². The first-order valence-corrected chi connectivity index (χ1v) is 6.87. The summed E-state index contributed by atoms with van der Waals surface area (Å²) in [7, 11) is -0.749. The molecule has 0 heterocycles. The molecule has 0 aromatic heterocycles. The van der Waals surface area contributed by atoms with Crippen LogP contribution in [0.25, 0.3) is 0 Å². The predicted octanol–water partition coefficient (Wildman–Crippen LogP) is 2.55. The first kappa shape index (κ1) is 9.52. The molecule has 0 saturated heterocycles. The van der Waals surface area contributed by atoms with Crippen LogP contribution in [0.3, 0.4) is 0 Å². The third kappa shape index (κ3) is 2.21. The quantitative estimate of drug-likeness (QED) is 0.580. The number of hydrogen-bond acceptors (Lipinski definition) is 0. The zero-order valence-electron chi connectivity index (χ0n) is 8.46. The third-order valence-corrected chi connectivity index (χ3v) is 6.58. The van der Waals surface area contributed by atoms with Crippen molar-refractivity contribution in [2.24, 2.45) is 0 Å². The van der Waals surface area contributed by atoms with Gasteiger partial charge in [-0.1, -0.05) is 62.8 Å². The second-order valence-electron chi connectivity index (χ2n) is 4.50. The van der Waals surface area contributed by atoms with Crippen LogP contribution in [0.5, 0.6) is 0 Å². The van der Waals surface area contributed by atoms with Crippen molar-refractivity contribution in [1.82, 2.24) is 0 Å². The summed E-state index contributed by atoms with van der Waals surface area (Å²) >= 11 is 0. The van der Waals surface area contributed by atoms with Crippen LogP contribution in [-0.2, 0) is 0 Å². The SMILES string of the molecule is C[SiH](c1ccccc1)C(C)(C)C. The van der Waals surface area contributed by atoms with E-state index < -0.39 is 8.80 Å². The van der Waals surface area contributed by atoms with E-state index >= 15 is 0 Å². The average molecular weight is 178 g/mol. The molecule has 0 N–H and O–H groups in total. The van der Waals surface area contributed by atoms with Gasteiger partial charge in [0.2, 0.25) is 0 Å². The van der Waals surface area contributed by atoms with E-state index in [1.807, 2.05) is 0 Å². The maximum atomic E-state index is 2.43. The Morgan fingerprint density at radius 3 is 1.92 bits per heavy atom. The Morgan fingerprint density at radius 2 is 1.50 bits per heavy atom. The summed E-state index contributed by atoms with van der Waals surface area (Å²) in [5, 5.41) is 2.08. The highest BCUT2D eigenvalue weighted by Gasteiger charge is 2.22. The van der Waals surface area contributed by atoms with Crippen molar-refractivity contribution in [2.45, 2.75) is 32.4 Å². The molecular weight excluding hydrogens is 160 g/mol. The highest BCUT2D eigenvalue weighted by molar-refractivity contribution is 6.74. The van der Waals surface area contributed by atoms with Crippen molar-refractivity contribution >= 4 is 14.0 Å². The van der Waals surface area contributed by atoms with Crippen LogP contribution < -0.4 is 5.19 Å². The fourth-order valence-corrected chi connectivity index (χ4v) is 3.04. The molecule has 12 heavy (non-hydrogen) atoms. The van der Waals surface area contributed by atoms with Crippen molar-refractivity contribution in [3.05, 3.63) is 30.3 Å². The lowest BCUT2D eigenvalue weighted by Gasteiger charge is -2.26. The Bertz CT molecular complexity index is 233. The molecule has 0 radical (unpaired) electrons. The van der Waals surface area contributed by atoms with E-state index in [2.05, 4.69) is 57.7 Å². The first-order chi connectivity index (χ1) is 5.52. The standard InChI is InChI=1S/C11H18Si/c1-11(2,3)12(4)10-8-6-5-7-9-10/h5-9,12H,1-4H3. The largest absolute Gasteiger partial charge is 0.0730 e. The molecule has 0 amide bonds. The van der Waals surface area contributed by atoms with Gasteiger partial charge in [-0.05, 0) is 5.04 Å². The van der Waals surface area contributed by atoms with Gasteiger partial charge in [-0.25, -0.2) is 0 Å². The van der Waals surface area contributed by atoms with Crippen LogP contribution >= 0.6 is 0 Å². The molecule has 66 valence electrons. The molecule has 1 atom stereocenters. The molecule has 0 aliphatic heterocycles. The van der Waals surface area contributed by atoms with Gasteiger partial charge in [-0.2, -0.15) is 0 Å². The summed E-state index contributed by atoms with van der Waals surface area (Å²) in [6.45, 7) is 9.46. The lowest BCUT2D eigenvalue weighted by molar-refractivity contribution is 0.746. The van der Waals surface area contributed by atoms with E-state index in [4.69, 9.17) is 0 Å². The molecule has 0 spiro atoms. The predicted molar refractivity (Wildman–Crippen MR) is 58.8 cm³/mol. The van der Waals surface area contributed by atoms with Gasteiger partial charge in [0, 0.05) is 0 Å². The zero-order valence-corrected chi connectivity index (χ0v) is 9.62. The van der Waals surface area contributed by atoms with E-state index in [0.29, 0.717) is 5.04 Å². The smallest absolute Gasteiger partial charge is 0.0676 e. The minimum atomic E-state index is -0.749. The molecule has 0 aliphatic carbocycles. The molecule has 1 aromatic rings. The number of hydrogen-bond donors (Lipinski definition) is 0. The number of benzene rings is 1. The maximum absolute atomic E-state index is 2.43. The number of rotatable bonds is 1. The Morgan fingerprint density at radius 1 is 1.00 bits per heavy atom. The van der Waals surface area contributed by atoms with Crippen LogP contribution in [0.15, 0.2) is 30.3 Å². The Balaban J connectivity index is 2.86. The Hall–Kier alpha value is -0.563. The van der Waals surface area contributed by atoms with Gasteiger partial charge in [-0.15, -0.1) is 0 Å². The van der Waals surface area contributed by atoms with Crippen molar-refractivity contribution in [2.75, 3.05) is 0 Å². The molecule has 0 saturated carbocycles. The molecule has 1 rings (SSSR count). The van der Waals surface area contributed by atoms with Crippen molar-refractivity contribution < 1.29 is 0 Å².